The summed E-state index contributed by atoms with van der Waals surface area (Å²) < 4.78 is 5.23. The van der Waals surface area contributed by atoms with E-state index in [4.69, 9.17) is 10.5 Å². The normalized spacial score (nSPS) is 12.9. The Labute approximate surface area is 196 Å². The first-order valence-corrected chi connectivity index (χ1v) is 11.4. The van der Waals surface area contributed by atoms with Crippen LogP contribution in [0.15, 0.2) is 30.3 Å². The molecule has 9 heteroatoms. The van der Waals surface area contributed by atoms with Crippen LogP contribution in [0, 0.1) is 0 Å². The summed E-state index contributed by atoms with van der Waals surface area (Å²) in [5.41, 5.74) is 5.17. The monoisotopic (exact) mass is 462 g/mol. The van der Waals surface area contributed by atoms with Crippen LogP contribution in [0.2, 0.25) is 0 Å². The highest BCUT2D eigenvalue weighted by Crippen LogP contribution is 2.23. The molecule has 184 valence electrons. The van der Waals surface area contributed by atoms with Crippen molar-refractivity contribution in [2.24, 2.45) is 5.73 Å². The summed E-state index contributed by atoms with van der Waals surface area (Å²) in [5, 5.41) is 5.34. The van der Waals surface area contributed by atoms with Crippen LogP contribution in [-0.2, 0) is 19.1 Å². The van der Waals surface area contributed by atoms with E-state index >= 15 is 0 Å². The van der Waals surface area contributed by atoms with E-state index in [1.165, 1.54) is 4.90 Å². The summed E-state index contributed by atoms with van der Waals surface area (Å²) in [4.78, 5) is 51.9. The Bertz CT molecular complexity index is 792. The second kappa shape index (κ2) is 13.4. The van der Waals surface area contributed by atoms with Crippen LogP contribution in [0.3, 0.4) is 0 Å². The molecule has 0 radical (unpaired) electrons. The predicted octanol–water partition coefficient (Wildman–Crippen LogP) is 2.65. The largest absolute Gasteiger partial charge is 0.444 e. The van der Waals surface area contributed by atoms with Gasteiger partial charge in [0.05, 0.1) is 6.42 Å². The maximum absolute atomic E-state index is 13.5. The number of rotatable bonds is 12. The minimum atomic E-state index is -1.27. The van der Waals surface area contributed by atoms with Crippen molar-refractivity contribution < 1.29 is 23.9 Å². The molecule has 33 heavy (non-hydrogen) atoms. The number of nitrogens with zero attached hydrogens (tertiary/aromatic N) is 1. The molecule has 0 aliphatic heterocycles. The molecule has 0 saturated carbocycles. The van der Waals surface area contributed by atoms with Crippen LogP contribution >= 0.6 is 0 Å². The van der Waals surface area contributed by atoms with Crippen molar-refractivity contribution in [3.05, 3.63) is 35.9 Å². The highest BCUT2D eigenvalue weighted by Gasteiger charge is 2.36. The molecular formula is C24H38N4O5. The molecule has 0 aliphatic carbocycles. The van der Waals surface area contributed by atoms with E-state index in [2.05, 4.69) is 17.6 Å². The third-order valence-corrected chi connectivity index (χ3v) is 4.77. The molecule has 9 nitrogen and oxygen atoms in total. The van der Waals surface area contributed by atoms with Gasteiger partial charge in [0.2, 0.25) is 17.7 Å². The lowest BCUT2D eigenvalue weighted by Gasteiger charge is -2.33. The van der Waals surface area contributed by atoms with E-state index in [-0.39, 0.29) is 12.5 Å². The van der Waals surface area contributed by atoms with Gasteiger partial charge in [-0.3, -0.25) is 14.4 Å². The van der Waals surface area contributed by atoms with Crippen LogP contribution in [0.25, 0.3) is 0 Å². The quantitative estimate of drug-likeness (QED) is 0.411. The number of likely N-dealkylation sites (N-methyl/N-ethyl adjacent to an activating group) is 1. The SMILES string of the molecule is CCCCCNC(=O)C(c1ccccc1)N(CC)C(=O)C(CC(N)=O)NC(=O)OC(C)(C)C. The van der Waals surface area contributed by atoms with Crippen LogP contribution in [0.1, 0.15) is 71.9 Å². The Kier molecular flexibility index (Phi) is 11.4. The van der Waals surface area contributed by atoms with Gasteiger partial charge in [-0.2, -0.15) is 0 Å². The number of hydrogen-bond donors (Lipinski definition) is 3. The summed E-state index contributed by atoms with van der Waals surface area (Å²) in [7, 11) is 0. The molecule has 1 aromatic rings. The van der Waals surface area contributed by atoms with Crippen LogP contribution in [0.5, 0.6) is 0 Å². The van der Waals surface area contributed by atoms with E-state index in [1.807, 2.05) is 6.07 Å². The molecule has 1 rings (SSSR count). The van der Waals surface area contributed by atoms with Crippen molar-refractivity contribution in [3.8, 4) is 0 Å². The Morgan fingerprint density at radius 3 is 2.21 bits per heavy atom. The number of hydrogen-bond acceptors (Lipinski definition) is 5. The first kappa shape index (κ1) is 27.9. The van der Waals surface area contributed by atoms with Crippen molar-refractivity contribution in [1.82, 2.24) is 15.5 Å². The predicted molar refractivity (Wildman–Crippen MR) is 126 cm³/mol. The van der Waals surface area contributed by atoms with Gasteiger partial charge in [0, 0.05) is 13.1 Å². The van der Waals surface area contributed by atoms with E-state index in [0.29, 0.717) is 12.1 Å². The molecule has 0 spiro atoms. The Balaban J connectivity index is 3.20. The van der Waals surface area contributed by atoms with E-state index < -0.39 is 42.0 Å². The fourth-order valence-corrected chi connectivity index (χ4v) is 3.31. The third-order valence-electron chi connectivity index (χ3n) is 4.77. The molecule has 0 bridgehead atoms. The van der Waals surface area contributed by atoms with Gasteiger partial charge in [-0.25, -0.2) is 4.79 Å². The number of amides is 4. The van der Waals surface area contributed by atoms with E-state index in [1.54, 1.807) is 52.0 Å². The van der Waals surface area contributed by atoms with Gasteiger partial charge < -0.3 is 26.0 Å². The zero-order valence-corrected chi connectivity index (χ0v) is 20.3. The lowest BCUT2D eigenvalue weighted by Crippen LogP contribution is -2.54. The first-order valence-electron chi connectivity index (χ1n) is 11.4. The number of nitrogens with one attached hydrogen (secondary N) is 2. The summed E-state index contributed by atoms with van der Waals surface area (Å²) in [6.45, 7) is 9.52. The number of primary amides is 1. The van der Waals surface area contributed by atoms with Gasteiger partial charge in [-0.1, -0.05) is 50.1 Å². The molecule has 0 aliphatic rings. The topological polar surface area (TPSA) is 131 Å². The lowest BCUT2D eigenvalue weighted by molar-refractivity contribution is -0.143. The summed E-state index contributed by atoms with van der Waals surface area (Å²) >= 11 is 0. The van der Waals surface area contributed by atoms with Crippen LogP contribution in [0.4, 0.5) is 4.79 Å². The first-order chi connectivity index (χ1) is 15.5. The number of carbonyl (C=O) groups excluding carboxylic acids is 4. The van der Waals surface area contributed by atoms with E-state index in [9.17, 15) is 19.2 Å². The van der Waals surface area contributed by atoms with Crippen molar-refractivity contribution in [3.63, 3.8) is 0 Å². The third kappa shape index (κ3) is 9.93. The maximum Gasteiger partial charge on any atom is 0.408 e. The summed E-state index contributed by atoms with van der Waals surface area (Å²) in [6.07, 6.45) is 1.55. The highest BCUT2D eigenvalue weighted by atomic mass is 16.6. The number of carbonyl (C=O) groups is 4. The second-order valence-corrected chi connectivity index (χ2v) is 8.80. The van der Waals surface area contributed by atoms with Gasteiger partial charge in [-0.15, -0.1) is 0 Å². The fourth-order valence-electron chi connectivity index (χ4n) is 3.31. The fraction of sp³-hybridized carbons (Fsp3) is 0.583. The van der Waals surface area contributed by atoms with Crippen molar-refractivity contribution in [2.45, 2.75) is 78.0 Å². The second-order valence-electron chi connectivity index (χ2n) is 8.80. The minimum absolute atomic E-state index is 0.173. The van der Waals surface area contributed by atoms with Gasteiger partial charge in [0.1, 0.15) is 17.7 Å². The molecule has 1 aromatic carbocycles. The summed E-state index contributed by atoms with van der Waals surface area (Å²) in [6, 6.07) is 6.71. The van der Waals surface area contributed by atoms with Gasteiger partial charge in [0.15, 0.2) is 0 Å². The van der Waals surface area contributed by atoms with Crippen LogP contribution in [-0.4, -0.2) is 53.4 Å². The molecule has 4 N–H and O–H groups in total. The molecule has 2 atom stereocenters. The lowest BCUT2D eigenvalue weighted by atomic mass is 10.0. The number of nitrogens with two attached hydrogens (primary N) is 1. The zero-order valence-electron chi connectivity index (χ0n) is 20.3. The number of alkyl carbamates (subject to hydrolysis) is 1. The number of benzene rings is 1. The maximum atomic E-state index is 13.5. The average molecular weight is 463 g/mol. The standard InChI is InChI=1S/C24H38N4O5/c1-6-8-12-15-26-21(30)20(17-13-10-9-11-14-17)28(7-2)22(31)18(16-19(25)29)27-23(32)33-24(3,4)5/h9-11,13-14,18,20H,6-8,12,15-16H2,1-5H3,(H2,25,29)(H,26,30)(H,27,32). The van der Waals surface area contributed by atoms with Gasteiger partial charge in [-0.05, 0) is 39.7 Å². The van der Waals surface area contributed by atoms with Crippen LogP contribution < -0.4 is 16.4 Å². The highest BCUT2D eigenvalue weighted by molar-refractivity contribution is 5.94. The Hall–Kier alpha value is -3.10. The Morgan fingerprint density at radius 2 is 1.70 bits per heavy atom. The molecule has 4 amide bonds. The molecular weight excluding hydrogens is 424 g/mol. The smallest absolute Gasteiger partial charge is 0.408 e. The van der Waals surface area contributed by atoms with Crippen molar-refractivity contribution in [2.75, 3.05) is 13.1 Å². The number of ether oxygens (including phenoxy) is 1. The van der Waals surface area contributed by atoms with Crippen molar-refractivity contribution in [1.29, 1.82) is 0 Å². The molecule has 0 saturated heterocycles. The van der Waals surface area contributed by atoms with Gasteiger partial charge >= 0.3 is 6.09 Å². The van der Waals surface area contributed by atoms with Gasteiger partial charge in [0.25, 0.3) is 0 Å². The molecule has 0 aromatic heterocycles. The average Bonchev–Trinajstić information content (AvgIpc) is 2.72. The van der Waals surface area contributed by atoms with Crippen molar-refractivity contribution >= 4 is 23.8 Å². The molecule has 2 unspecified atom stereocenters. The molecule has 0 fully saturated rings. The summed E-state index contributed by atoms with van der Waals surface area (Å²) in [5.74, 6) is -1.69. The minimum Gasteiger partial charge on any atom is -0.444 e. The van der Waals surface area contributed by atoms with E-state index in [0.717, 1.165) is 19.3 Å². The molecule has 0 heterocycles. The Morgan fingerprint density at radius 1 is 1.06 bits per heavy atom. The zero-order chi connectivity index (χ0) is 25.0. The number of unbranched alkanes of at least 4 members (excludes halogenated alkanes) is 2.